The Balaban J connectivity index is 1.51. The highest BCUT2D eigenvalue weighted by atomic mass is 32.1. The van der Waals surface area contributed by atoms with Crippen LogP contribution in [0.15, 0.2) is 114 Å². The zero-order valence-corrected chi connectivity index (χ0v) is 27.9. The Morgan fingerprint density at radius 3 is 2.38 bits per heavy atom. The number of anilines is 1. The van der Waals surface area contributed by atoms with Gasteiger partial charge in [-0.25, -0.2) is 9.18 Å². The Labute approximate surface area is 283 Å². The van der Waals surface area contributed by atoms with Crippen molar-refractivity contribution in [3.05, 3.63) is 142 Å². The van der Waals surface area contributed by atoms with Crippen molar-refractivity contribution in [3.8, 4) is 22.3 Å². The van der Waals surface area contributed by atoms with Gasteiger partial charge in [-0.2, -0.15) is 5.26 Å². The molecule has 1 aliphatic heterocycles. The molecule has 0 radical (unpaired) electrons. The third-order valence-corrected chi connectivity index (χ3v) is 10.00. The van der Waals surface area contributed by atoms with Crippen LogP contribution < -0.4 is 9.75 Å². The zero-order chi connectivity index (χ0) is 33.8. The molecule has 242 valence electrons. The molecule has 0 saturated heterocycles. The number of amides is 1. The summed E-state index contributed by atoms with van der Waals surface area (Å²) >= 11 is 1.54. The van der Waals surface area contributed by atoms with E-state index in [0.717, 1.165) is 43.4 Å². The van der Waals surface area contributed by atoms with Crippen LogP contribution in [0.1, 0.15) is 34.1 Å². The number of halogens is 1. The summed E-state index contributed by atoms with van der Waals surface area (Å²) in [6, 6.07) is 35.9. The lowest BCUT2D eigenvalue weighted by Crippen LogP contribution is -2.53. The molecular weight excluding hydrogens is 626 g/mol. The third kappa shape index (κ3) is 6.20. The number of nitrogens with zero attached hydrogens (tertiary/aromatic N) is 5. The quantitative estimate of drug-likeness (QED) is 0.174. The molecule has 1 unspecified atom stereocenters. The van der Waals surface area contributed by atoms with Crippen LogP contribution in [-0.4, -0.2) is 43.2 Å². The Hall–Kier alpha value is -5.66. The van der Waals surface area contributed by atoms with Crippen LogP contribution in [0, 0.1) is 17.1 Å². The molecule has 6 rings (SSSR count). The average molecular weight is 660 g/mol. The van der Waals surface area contributed by atoms with Crippen LogP contribution in [-0.2, 0) is 23.4 Å². The number of nitriles is 1. The maximum Gasteiger partial charge on any atom is 0.437 e. The Morgan fingerprint density at radius 2 is 1.65 bits per heavy atom. The molecule has 4 aromatic carbocycles. The summed E-state index contributed by atoms with van der Waals surface area (Å²) in [6.07, 6.45) is -0.718. The molecule has 0 spiro atoms. The summed E-state index contributed by atoms with van der Waals surface area (Å²) in [7, 11) is 5.43. The van der Waals surface area contributed by atoms with Gasteiger partial charge in [-0.3, -0.25) is 10.0 Å². The van der Waals surface area contributed by atoms with Crippen LogP contribution in [0.5, 0.6) is 5.75 Å². The predicted molar refractivity (Wildman–Crippen MR) is 186 cm³/mol. The van der Waals surface area contributed by atoms with E-state index in [-0.39, 0.29) is 12.2 Å². The minimum absolute atomic E-state index is 0.0127. The van der Waals surface area contributed by atoms with Crippen molar-refractivity contribution in [3.63, 3.8) is 0 Å². The van der Waals surface area contributed by atoms with Crippen molar-refractivity contribution in [2.24, 2.45) is 4.99 Å². The van der Waals surface area contributed by atoms with Crippen LogP contribution in [0.4, 0.5) is 14.9 Å². The Bertz CT molecular complexity index is 2010. The van der Waals surface area contributed by atoms with E-state index < -0.39 is 17.4 Å². The molecule has 0 saturated carbocycles. The van der Waals surface area contributed by atoms with Gasteiger partial charge in [0.2, 0.25) is 5.96 Å². The van der Waals surface area contributed by atoms with E-state index in [2.05, 4.69) is 22.9 Å². The van der Waals surface area contributed by atoms with E-state index in [1.807, 2.05) is 115 Å². The highest BCUT2D eigenvalue weighted by Gasteiger charge is 2.45. The number of methoxy groups -OCH3 is 1. The highest BCUT2D eigenvalue weighted by Crippen LogP contribution is 2.48. The van der Waals surface area contributed by atoms with Gasteiger partial charge in [0, 0.05) is 36.0 Å². The minimum atomic E-state index is -0.866. The lowest BCUT2D eigenvalue weighted by molar-refractivity contribution is 0.148. The Morgan fingerprint density at radius 1 is 0.917 bits per heavy atom. The number of hydrogen-bond acceptors (Lipinski definition) is 6. The van der Waals surface area contributed by atoms with Gasteiger partial charge in [0.1, 0.15) is 29.8 Å². The molecule has 5 aromatic rings. The van der Waals surface area contributed by atoms with Crippen LogP contribution in [0.3, 0.4) is 0 Å². The van der Waals surface area contributed by atoms with E-state index in [1.165, 1.54) is 17.4 Å². The van der Waals surface area contributed by atoms with E-state index >= 15 is 0 Å². The van der Waals surface area contributed by atoms with Crippen molar-refractivity contribution < 1.29 is 18.7 Å². The molecule has 1 aromatic heterocycles. The minimum Gasteiger partial charge on any atom is -0.497 e. The number of hydrazine groups is 1. The first kappa shape index (κ1) is 32.3. The number of carbonyl (C=O) groups excluding carboxylic acids is 1. The SMILES string of the molecule is COc1ccc(CN2/C(=N/C(=O)OCc3ccccc3)N(C)N(C)c3ccccc3C2(C)c2ccc(-c3ccc(F)c(C#N)c3)s2)cc1. The number of hydrogen-bond donors (Lipinski definition) is 0. The number of rotatable bonds is 7. The molecule has 0 bridgehead atoms. The maximum absolute atomic E-state index is 14.2. The van der Waals surface area contributed by atoms with Gasteiger partial charge in [0.25, 0.3) is 0 Å². The summed E-state index contributed by atoms with van der Waals surface area (Å²) in [5, 5.41) is 13.3. The van der Waals surface area contributed by atoms with Gasteiger partial charge >= 0.3 is 6.09 Å². The number of para-hydroxylation sites is 1. The fraction of sp³-hybridized carbons (Fsp3) is 0.184. The van der Waals surface area contributed by atoms with Crippen LogP contribution in [0.2, 0.25) is 0 Å². The normalized spacial score (nSPS) is 16.7. The van der Waals surface area contributed by atoms with Gasteiger partial charge in [0.15, 0.2) is 0 Å². The molecular formula is C38H34FN5O3S. The first-order valence-corrected chi connectivity index (χ1v) is 16.1. The number of benzene rings is 4. The number of ether oxygens (including phenoxy) is 2. The second-order valence-electron chi connectivity index (χ2n) is 11.5. The number of guanidine groups is 1. The summed E-state index contributed by atoms with van der Waals surface area (Å²) in [5.74, 6) is 0.560. The lowest BCUT2D eigenvalue weighted by Gasteiger charge is -2.42. The highest BCUT2D eigenvalue weighted by molar-refractivity contribution is 7.15. The molecule has 0 fully saturated rings. The molecule has 8 nitrogen and oxygen atoms in total. The molecule has 1 atom stereocenters. The molecule has 10 heteroatoms. The largest absolute Gasteiger partial charge is 0.497 e. The van der Waals surface area contributed by atoms with Gasteiger partial charge in [-0.15, -0.1) is 16.3 Å². The fourth-order valence-corrected chi connectivity index (χ4v) is 7.05. The number of carbonyl (C=O) groups is 1. The van der Waals surface area contributed by atoms with Gasteiger partial charge in [0.05, 0.1) is 18.4 Å². The van der Waals surface area contributed by atoms with Crippen molar-refractivity contribution in [2.45, 2.75) is 25.6 Å². The first-order valence-electron chi connectivity index (χ1n) is 15.3. The fourth-order valence-electron chi connectivity index (χ4n) is 5.88. The number of aliphatic imine (C=N–C) groups is 1. The second kappa shape index (κ2) is 13.6. The van der Waals surface area contributed by atoms with E-state index in [0.29, 0.717) is 12.5 Å². The maximum atomic E-state index is 14.2. The molecule has 1 amide bonds. The molecule has 0 aliphatic carbocycles. The summed E-state index contributed by atoms with van der Waals surface area (Å²) in [5.41, 5.74) is 3.60. The van der Waals surface area contributed by atoms with Crippen molar-refractivity contribution in [1.29, 1.82) is 5.26 Å². The van der Waals surface area contributed by atoms with Gasteiger partial charge in [-0.1, -0.05) is 66.7 Å². The van der Waals surface area contributed by atoms with Crippen molar-refractivity contribution in [1.82, 2.24) is 9.91 Å². The molecule has 0 N–H and O–H groups in total. The summed E-state index contributed by atoms with van der Waals surface area (Å²) in [6.45, 7) is 2.58. The van der Waals surface area contributed by atoms with Crippen molar-refractivity contribution in [2.75, 3.05) is 26.2 Å². The monoisotopic (exact) mass is 659 g/mol. The second-order valence-corrected chi connectivity index (χ2v) is 12.6. The summed E-state index contributed by atoms with van der Waals surface area (Å²) < 4.78 is 25.3. The zero-order valence-electron chi connectivity index (χ0n) is 27.1. The standard InChI is InChI=1S/C38H34FN5O3S/c1-38(35-21-20-34(48-35)28-16-19-32(39)29(22-28)23-40)31-12-8-9-13-33(31)42(2)43(3)36(41-37(45)47-25-27-10-6-5-7-11-27)44(38)24-26-14-17-30(46-4)18-15-26/h5-22H,24-25H2,1-4H3/b41-36+. The van der Waals surface area contributed by atoms with Crippen molar-refractivity contribution >= 4 is 29.1 Å². The van der Waals surface area contributed by atoms with Gasteiger partial charge < -0.3 is 14.4 Å². The van der Waals surface area contributed by atoms with Crippen LogP contribution in [0.25, 0.3) is 10.4 Å². The van der Waals surface area contributed by atoms with Crippen LogP contribution >= 0.6 is 11.3 Å². The third-order valence-electron chi connectivity index (χ3n) is 8.65. The predicted octanol–water partition coefficient (Wildman–Crippen LogP) is 8.19. The average Bonchev–Trinajstić information content (AvgIpc) is 3.61. The van der Waals surface area contributed by atoms with E-state index in [1.54, 1.807) is 19.2 Å². The molecule has 48 heavy (non-hydrogen) atoms. The molecule has 1 aliphatic rings. The lowest BCUT2D eigenvalue weighted by atomic mass is 9.86. The number of fused-ring (bicyclic) bond motifs is 1. The smallest absolute Gasteiger partial charge is 0.437 e. The molecule has 2 heterocycles. The Kier molecular flexibility index (Phi) is 9.15. The first-order chi connectivity index (χ1) is 23.2. The van der Waals surface area contributed by atoms with E-state index in [4.69, 9.17) is 9.47 Å². The number of thiophene rings is 1. The topological polar surface area (TPSA) is 81.4 Å². The van der Waals surface area contributed by atoms with Gasteiger partial charge in [-0.05, 0) is 66.1 Å². The van der Waals surface area contributed by atoms with E-state index in [9.17, 15) is 14.4 Å². The summed E-state index contributed by atoms with van der Waals surface area (Å²) in [4.78, 5) is 22.0.